The van der Waals surface area contributed by atoms with Crippen molar-refractivity contribution in [3.05, 3.63) is 29.8 Å². The molecule has 1 atom stereocenters. The van der Waals surface area contributed by atoms with Crippen LogP contribution < -0.4 is 16.0 Å². The highest BCUT2D eigenvalue weighted by atomic mass is 16.2. The molecule has 1 aromatic carbocycles. The number of aliphatic imine (C=N–C) groups is 1. The normalized spacial score (nSPS) is 16.9. The Kier molecular flexibility index (Phi) is 6.17. The Hall–Kier alpha value is -2.57. The number of carbonyl (C=O) groups excluding carboxylic acids is 2. The van der Waals surface area contributed by atoms with Gasteiger partial charge in [0.1, 0.15) is 0 Å². The lowest BCUT2D eigenvalue weighted by Gasteiger charge is -2.26. The summed E-state index contributed by atoms with van der Waals surface area (Å²) in [4.78, 5) is 29.1. The quantitative estimate of drug-likeness (QED) is 0.549. The van der Waals surface area contributed by atoms with Gasteiger partial charge >= 0.3 is 0 Å². The molecule has 1 aromatic rings. The summed E-state index contributed by atoms with van der Waals surface area (Å²) in [6, 6.07) is 7.84. The average Bonchev–Trinajstić information content (AvgIpc) is 2.57. The highest BCUT2D eigenvalue weighted by Crippen LogP contribution is 2.31. The van der Waals surface area contributed by atoms with Crippen molar-refractivity contribution in [2.75, 3.05) is 39.5 Å². The molecule has 7 nitrogen and oxygen atoms in total. The molecule has 1 heterocycles. The Morgan fingerprint density at radius 1 is 1.33 bits per heavy atom. The Morgan fingerprint density at radius 3 is 2.79 bits per heavy atom. The van der Waals surface area contributed by atoms with E-state index in [2.05, 4.69) is 20.9 Å². The number of guanidine groups is 1. The van der Waals surface area contributed by atoms with Gasteiger partial charge in [0.05, 0.1) is 0 Å². The summed E-state index contributed by atoms with van der Waals surface area (Å²) < 4.78 is 0. The predicted molar refractivity (Wildman–Crippen MR) is 95.1 cm³/mol. The number of para-hydroxylation sites is 1. The molecule has 24 heavy (non-hydrogen) atoms. The van der Waals surface area contributed by atoms with Crippen LogP contribution in [0.2, 0.25) is 0 Å². The Bertz CT molecular complexity index is 627. The van der Waals surface area contributed by atoms with Crippen molar-refractivity contribution in [1.29, 1.82) is 0 Å². The van der Waals surface area contributed by atoms with Gasteiger partial charge in [-0.25, -0.2) is 0 Å². The summed E-state index contributed by atoms with van der Waals surface area (Å²) in [5, 5.41) is 9.25. The maximum absolute atomic E-state index is 11.8. The number of anilines is 1. The molecule has 0 saturated carbocycles. The van der Waals surface area contributed by atoms with Gasteiger partial charge in [-0.1, -0.05) is 18.2 Å². The fraction of sp³-hybridized carbons (Fsp3) is 0.471. The second-order valence-electron chi connectivity index (χ2n) is 5.95. The van der Waals surface area contributed by atoms with E-state index in [-0.39, 0.29) is 17.7 Å². The SMILES string of the molecule is CN=C(NCCC(=O)N(C)C)NCC1CC(=O)Nc2ccccc21. The molecule has 0 bridgehead atoms. The molecule has 0 fully saturated rings. The first kappa shape index (κ1) is 17.8. The van der Waals surface area contributed by atoms with Crippen molar-refractivity contribution < 1.29 is 9.59 Å². The summed E-state index contributed by atoms with van der Waals surface area (Å²) in [7, 11) is 5.16. The third-order valence-electron chi connectivity index (χ3n) is 3.98. The van der Waals surface area contributed by atoms with Crippen molar-refractivity contribution in [2.45, 2.75) is 18.8 Å². The van der Waals surface area contributed by atoms with Crippen LogP contribution >= 0.6 is 0 Å². The first-order valence-electron chi connectivity index (χ1n) is 8.04. The standard InChI is InChI=1S/C17H25N5O2/c1-18-17(19-9-8-16(24)22(2)3)20-11-12-10-15(23)21-14-7-5-4-6-13(12)14/h4-7,12H,8-11H2,1-3H3,(H,21,23)(H2,18,19,20). The Morgan fingerprint density at radius 2 is 2.08 bits per heavy atom. The van der Waals surface area contributed by atoms with Gasteiger partial charge in [-0.2, -0.15) is 0 Å². The van der Waals surface area contributed by atoms with Crippen LogP contribution in [0.4, 0.5) is 5.69 Å². The number of fused-ring (bicyclic) bond motifs is 1. The third-order valence-corrected chi connectivity index (χ3v) is 3.98. The minimum atomic E-state index is 0.0278. The van der Waals surface area contributed by atoms with E-state index in [1.54, 1.807) is 26.0 Å². The molecule has 1 aliphatic rings. The van der Waals surface area contributed by atoms with Crippen molar-refractivity contribution in [1.82, 2.24) is 15.5 Å². The monoisotopic (exact) mass is 331 g/mol. The molecule has 0 aromatic heterocycles. The fourth-order valence-corrected chi connectivity index (χ4v) is 2.64. The minimum Gasteiger partial charge on any atom is -0.356 e. The van der Waals surface area contributed by atoms with Crippen molar-refractivity contribution in [3.8, 4) is 0 Å². The first-order chi connectivity index (χ1) is 11.5. The number of carbonyl (C=O) groups is 2. The summed E-state index contributed by atoms with van der Waals surface area (Å²) in [5.41, 5.74) is 2.00. The van der Waals surface area contributed by atoms with Crippen LogP contribution in [0.1, 0.15) is 24.3 Å². The number of benzene rings is 1. The van der Waals surface area contributed by atoms with E-state index in [0.29, 0.717) is 31.9 Å². The van der Waals surface area contributed by atoms with Crippen LogP contribution in [-0.2, 0) is 9.59 Å². The highest BCUT2D eigenvalue weighted by molar-refractivity contribution is 5.94. The summed E-state index contributed by atoms with van der Waals surface area (Å²) in [6.45, 7) is 1.12. The molecule has 3 N–H and O–H groups in total. The maximum Gasteiger partial charge on any atom is 0.225 e. The second kappa shape index (κ2) is 8.33. The van der Waals surface area contributed by atoms with Crippen LogP contribution in [0.5, 0.6) is 0 Å². The number of nitrogens with zero attached hydrogens (tertiary/aromatic N) is 2. The molecule has 1 aliphatic heterocycles. The van der Waals surface area contributed by atoms with Gasteiger partial charge in [0.25, 0.3) is 0 Å². The number of amides is 2. The highest BCUT2D eigenvalue weighted by Gasteiger charge is 2.24. The van der Waals surface area contributed by atoms with E-state index in [4.69, 9.17) is 0 Å². The number of hydrogen-bond acceptors (Lipinski definition) is 3. The largest absolute Gasteiger partial charge is 0.356 e. The minimum absolute atomic E-state index is 0.0278. The predicted octanol–water partition coefficient (Wildman–Crippen LogP) is 0.756. The zero-order valence-corrected chi connectivity index (χ0v) is 14.4. The average molecular weight is 331 g/mol. The molecule has 2 rings (SSSR count). The summed E-state index contributed by atoms with van der Waals surface area (Å²) >= 11 is 0. The van der Waals surface area contributed by atoms with Crippen molar-refractivity contribution in [2.24, 2.45) is 4.99 Å². The van der Waals surface area contributed by atoms with Crippen molar-refractivity contribution >= 4 is 23.5 Å². The van der Waals surface area contributed by atoms with Gasteiger partial charge in [-0.3, -0.25) is 14.6 Å². The van der Waals surface area contributed by atoms with E-state index in [9.17, 15) is 9.59 Å². The van der Waals surface area contributed by atoms with E-state index < -0.39 is 0 Å². The van der Waals surface area contributed by atoms with Crippen LogP contribution in [-0.4, -0.2) is 56.9 Å². The van der Waals surface area contributed by atoms with E-state index in [1.807, 2.05) is 24.3 Å². The molecule has 7 heteroatoms. The summed E-state index contributed by atoms with van der Waals surface area (Å²) in [6.07, 6.45) is 0.850. The van der Waals surface area contributed by atoms with Crippen molar-refractivity contribution in [3.63, 3.8) is 0 Å². The van der Waals surface area contributed by atoms with Gasteiger partial charge in [-0.05, 0) is 11.6 Å². The van der Waals surface area contributed by atoms with Gasteiger partial charge in [-0.15, -0.1) is 0 Å². The van der Waals surface area contributed by atoms with Gasteiger partial charge in [0, 0.05) is 58.7 Å². The zero-order valence-electron chi connectivity index (χ0n) is 14.4. The molecule has 130 valence electrons. The van der Waals surface area contributed by atoms with Gasteiger partial charge < -0.3 is 20.9 Å². The number of rotatable bonds is 5. The van der Waals surface area contributed by atoms with Gasteiger partial charge in [0.2, 0.25) is 11.8 Å². The second-order valence-corrected chi connectivity index (χ2v) is 5.95. The van der Waals surface area contributed by atoms with Gasteiger partial charge in [0.15, 0.2) is 5.96 Å². The Labute approximate surface area is 142 Å². The molecule has 0 aliphatic carbocycles. The third kappa shape index (κ3) is 4.71. The molecule has 0 spiro atoms. The fourth-order valence-electron chi connectivity index (χ4n) is 2.64. The first-order valence-corrected chi connectivity index (χ1v) is 8.04. The van der Waals surface area contributed by atoms with Crippen LogP contribution in [0.25, 0.3) is 0 Å². The summed E-state index contributed by atoms with van der Waals surface area (Å²) in [5.74, 6) is 0.817. The molecular weight excluding hydrogens is 306 g/mol. The molecule has 1 unspecified atom stereocenters. The number of hydrogen-bond donors (Lipinski definition) is 3. The number of nitrogens with one attached hydrogen (secondary N) is 3. The van der Waals surface area contributed by atoms with Crippen LogP contribution in [0.15, 0.2) is 29.3 Å². The lowest BCUT2D eigenvalue weighted by Crippen LogP contribution is -2.41. The molecule has 0 saturated heterocycles. The van der Waals surface area contributed by atoms with E-state index in [1.165, 1.54) is 0 Å². The lowest BCUT2D eigenvalue weighted by atomic mass is 9.90. The Balaban J connectivity index is 1.87. The molecular formula is C17H25N5O2. The maximum atomic E-state index is 11.8. The molecule has 2 amide bonds. The topological polar surface area (TPSA) is 85.8 Å². The smallest absolute Gasteiger partial charge is 0.225 e. The van der Waals surface area contributed by atoms with E-state index in [0.717, 1.165) is 11.3 Å². The zero-order chi connectivity index (χ0) is 17.5. The molecule has 0 radical (unpaired) electrons. The van der Waals surface area contributed by atoms with E-state index >= 15 is 0 Å². The lowest BCUT2D eigenvalue weighted by molar-refractivity contribution is -0.128. The van der Waals surface area contributed by atoms with Crippen LogP contribution in [0, 0.1) is 0 Å². The van der Waals surface area contributed by atoms with Crippen LogP contribution in [0.3, 0.4) is 0 Å².